The van der Waals surface area contributed by atoms with E-state index in [1.165, 1.54) is 0 Å². The molecule has 3 rings (SSSR count). The van der Waals surface area contributed by atoms with Crippen LogP contribution in [0.3, 0.4) is 0 Å². The molecule has 0 aliphatic carbocycles. The second-order valence-electron chi connectivity index (χ2n) is 8.38. The molecule has 1 aliphatic rings. The Balaban J connectivity index is 1.99. The van der Waals surface area contributed by atoms with E-state index in [-0.39, 0.29) is 24.2 Å². The molecule has 1 aliphatic heterocycles. The number of methoxy groups -OCH3 is 1. The third-order valence-electron chi connectivity index (χ3n) is 5.85. The van der Waals surface area contributed by atoms with Crippen molar-refractivity contribution in [1.82, 2.24) is 10.2 Å². The van der Waals surface area contributed by atoms with Gasteiger partial charge >= 0.3 is 0 Å². The zero-order valence-corrected chi connectivity index (χ0v) is 19.8. The van der Waals surface area contributed by atoms with Crippen molar-refractivity contribution in [2.75, 3.05) is 26.9 Å². The van der Waals surface area contributed by atoms with Crippen LogP contribution in [0.4, 0.5) is 0 Å². The highest BCUT2D eigenvalue weighted by Crippen LogP contribution is 2.37. The first-order valence-electron chi connectivity index (χ1n) is 11.7. The molecule has 0 bridgehead atoms. The normalized spacial score (nSPS) is 13.6. The molecular formula is C26H34N4O4. The summed E-state index contributed by atoms with van der Waals surface area (Å²) in [7, 11) is 1.66. The smallest absolute Gasteiger partial charge is 0.226 e. The van der Waals surface area contributed by atoms with Crippen LogP contribution in [0.1, 0.15) is 43.2 Å². The van der Waals surface area contributed by atoms with Crippen LogP contribution >= 0.6 is 0 Å². The minimum Gasteiger partial charge on any atom is -0.492 e. The molecule has 8 heteroatoms. The number of aryl methyl sites for hydroxylation is 1. The van der Waals surface area contributed by atoms with Gasteiger partial charge in [-0.1, -0.05) is 42.5 Å². The molecular weight excluding hydrogens is 432 g/mol. The van der Waals surface area contributed by atoms with Gasteiger partial charge in [-0.25, -0.2) is 0 Å². The number of carbonyl (C=O) groups is 2. The summed E-state index contributed by atoms with van der Waals surface area (Å²) in [6, 6.07) is 14.0. The number of hydrogen-bond acceptors (Lipinski definition) is 5. The number of nitrogens with one attached hydrogen (secondary N) is 2. The van der Waals surface area contributed by atoms with E-state index in [4.69, 9.17) is 20.6 Å². The van der Waals surface area contributed by atoms with E-state index in [1.54, 1.807) is 7.11 Å². The molecule has 1 heterocycles. The van der Waals surface area contributed by atoms with Crippen molar-refractivity contribution in [3.05, 3.63) is 53.6 Å². The number of carbonyl (C=O) groups excluding carboxylic acids is 2. The number of nitrogens with zero attached hydrogens (tertiary/aromatic N) is 1. The fourth-order valence-corrected chi connectivity index (χ4v) is 4.14. The number of ether oxygens (including phenoxy) is 2. The molecule has 2 amide bonds. The molecule has 0 atom stereocenters. The highest BCUT2D eigenvalue weighted by Gasteiger charge is 2.24. The van der Waals surface area contributed by atoms with Gasteiger partial charge in [0, 0.05) is 57.2 Å². The quantitative estimate of drug-likeness (QED) is 0.267. The monoisotopic (exact) mass is 466 g/mol. The van der Waals surface area contributed by atoms with Gasteiger partial charge in [-0.2, -0.15) is 0 Å². The van der Waals surface area contributed by atoms with Crippen molar-refractivity contribution < 1.29 is 19.1 Å². The largest absolute Gasteiger partial charge is 0.492 e. The van der Waals surface area contributed by atoms with Gasteiger partial charge in [0.05, 0.1) is 6.61 Å². The Labute approximate surface area is 200 Å². The van der Waals surface area contributed by atoms with Crippen molar-refractivity contribution >= 4 is 17.8 Å². The van der Waals surface area contributed by atoms with E-state index >= 15 is 0 Å². The Bertz CT molecular complexity index is 994. The molecule has 0 spiro atoms. The first-order chi connectivity index (χ1) is 16.5. The lowest BCUT2D eigenvalue weighted by molar-refractivity contribution is -0.133. The van der Waals surface area contributed by atoms with E-state index in [2.05, 4.69) is 5.32 Å². The molecule has 0 aromatic heterocycles. The number of benzene rings is 2. The van der Waals surface area contributed by atoms with Crippen LogP contribution in [-0.2, 0) is 27.3 Å². The average molecular weight is 467 g/mol. The number of likely N-dealkylation sites (tertiary alicyclic amines) is 1. The molecule has 34 heavy (non-hydrogen) atoms. The fourth-order valence-electron chi connectivity index (χ4n) is 4.14. The fraction of sp³-hybridized carbons (Fsp3) is 0.423. The van der Waals surface area contributed by atoms with Crippen LogP contribution in [0.25, 0.3) is 11.1 Å². The van der Waals surface area contributed by atoms with Crippen molar-refractivity contribution in [2.45, 2.75) is 45.1 Å². The van der Waals surface area contributed by atoms with Gasteiger partial charge in [-0.3, -0.25) is 20.3 Å². The molecule has 182 valence electrons. The van der Waals surface area contributed by atoms with Crippen LogP contribution in [0.5, 0.6) is 5.75 Å². The summed E-state index contributed by atoms with van der Waals surface area (Å²) in [5.41, 5.74) is 9.14. The van der Waals surface area contributed by atoms with Gasteiger partial charge in [0.25, 0.3) is 0 Å². The van der Waals surface area contributed by atoms with E-state index in [1.807, 2.05) is 47.4 Å². The summed E-state index contributed by atoms with van der Waals surface area (Å²) in [4.78, 5) is 26.7. The predicted molar refractivity (Wildman–Crippen MR) is 132 cm³/mol. The molecule has 0 radical (unpaired) electrons. The minimum absolute atomic E-state index is 0.141. The summed E-state index contributed by atoms with van der Waals surface area (Å²) in [5, 5.41) is 9.61. The molecule has 4 N–H and O–H groups in total. The molecule has 8 nitrogen and oxygen atoms in total. The van der Waals surface area contributed by atoms with E-state index in [9.17, 15) is 9.59 Å². The minimum atomic E-state index is -0.370. The molecule has 2 aromatic rings. The summed E-state index contributed by atoms with van der Waals surface area (Å²) >= 11 is 0. The van der Waals surface area contributed by atoms with E-state index < -0.39 is 0 Å². The highest BCUT2D eigenvalue weighted by atomic mass is 16.5. The summed E-state index contributed by atoms with van der Waals surface area (Å²) in [6.07, 6.45) is 3.80. The maximum atomic E-state index is 12.6. The molecule has 2 aromatic carbocycles. The highest BCUT2D eigenvalue weighted by molar-refractivity contribution is 5.94. The topological polar surface area (TPSA) is 118 Å². The zero-order valence-electron chi connectivity index (χ0n) is 19.8. The Morgan fingerprint density at radius 3 is 2.65 bits per heavy atom. The average Bonchev–Trinajstić information content (AvgIpc) is 2.83. The number of nitrogens with two attached hydrogens (primary N) is 1. The van der Waals surface area contributed by atoms with Gasteiger partial charge in [0.2, 0.25) is 11.8 Å². The third-order valence-corrected chi connectivity index (χ3v) is 5.85. The second kappa shape index (κ2) is 12.7. The Kier molecular flexibility index (Phi) is 9.46. The van der Waals surface area contributed by atoms with Crippen molar-refractivity contribution in [3.8, 4) is 16.9 Å². The first-order valence-corrected chi connectivity index (χ1v) is 11.7. The van der Waals surface area contributed by atoms with Crippen LogP contribution in [0.15, 0.2) is 42.5 Å². The van der Waals surface area contributed by atoms with Crippen LogP contribution in [-0.4, -0.2) is 49.5 Å². The standard InChI is InChI=1S/C26H34N4O4/c1-33-16-7-17-34-25-21(19-8-3-2-4-9-19)13-11-20(12-14-23(31)29-26(27)28)22(25)18-30-15-6-5-10-24(30)32/h2-4,8-9,11,13H,5-7,10,12,14-18H2,1H3,(H4,27,28,29,31). The van der Waals surface area contributed by atoms with Gasteiger partial charge in [0.15, 0.2) is 5.96 Å². The van der Waals surface area contributed by atoms with Crippen molar-refractivity contribution in [2.24, 2.45) is 5.73 Å². The Hall–Kier alpha value is -3.39. The van der Waals surface area contributed by atoms with Crippen LogP contribution in [0.2, 0.25) is 0 Å². The van der Waals surface area contributed by atoms with Gasteiger partial charge in [-0.15, -0.1) is 0 Å². The number of piperidine rings is 1. The number of hydrogen-bond donors (Lipinski definition) is 3. The molecule has 1 saturated heterocycles. The van der Waals surface area contributed by atoms with E-state index in [0.29, 0.717) is 39.1 Å². The number of guanidine groups is 1. The number of amides is 2. The summed E-state index contributed by atoms with van der Waals surface area (Å²) in [6.45, 7) is 2.21. The third kappa shape index (κ3) is 7.05. The van der Waals surface area contributed by atoms with Gasteiger partial charge in [-0.05, 0) is 30.4 Å². The molecule has 0 saturated carbocycles. The lowest BCUT2D eigenvalue weighted by Gasteiger charge is -2.29. The van der Waals surface area contributed by atoms with Crippen molar-refractivity contribution in [3.63, 3.8) is 0 Å². The maximum Gasteiger partial charge on any atom is 0.226 e. The molecule has 1 fully saturated rings. The number of rotatable bonds is 11. The van der Waals surface area contributed by atoms with Gasteiger partial charge < -0.3 is 20.1 Å². The predicted octanol–water partition coefficient (Wildman–Crippen LogP) is 3.22. The van der Waals surface area contributed by atoms with Crippen molar-refractivity contribution in [1.29, 1.82) is 5.41 Å². The lowest BCUT2D eigenvalue weighted by Crippen LogP contribution is -2.36. The zero-order chi connectivity index (χ0) is 24.3. The second-order valence-corrected chi connectivity index (χ2v) is 8.38. The first kappa shape index (κ1) is 25.2. The van der Waals surface area contributed by atoms with Crippen LogP contribution in [0, 0.1) is 5.41 Å². The lowest BCUT2D eigenvalue weighted by atomic mass is 9.94. The van der Waals surface area contributed by atoms with E-state index in [0.717, 1.165) is 47.3 Å². The van der Waals surface area contributed by atoms with Crippen LogP contribution < -0.4 is 15.8 Å². The maximum absolute atomic E-state index is 12.6. The summed E-state index contributed by atoms with van der Waals surface area (Å²) < 4.78 is 11.5. The SMILES string of the molecule is COCCCOc1c(-c2ccccc2)ccc(CCC(=O)NC(=N)N)c1CN1CCCCC1=O. The Morgan fingerprint density at radius 2 is 1.94 bits per heavy atom. The van der Waals surface area contributed by atoms with Gasteiger partial charge in [0.1, 0.15) is 5.75 Å². The molecule has 0 unspecified atom stereocenters. The Morgan fingerprint density at radius 1 is 1.15 bits per heavy atom. The summed E-state index contributed by atoms with van der Waals surface area (Å²) in [5.74, 6) is 0.194.